The maximum absolute atomic E-state index is 2.72. The first-order valence-electron chi connectivity index (χ1n) is 10.8. The fourth-order valence-corrected chi connectivity index (χ4v) is 5.30. The Kier molecular flexibility index (Phi) is 4.89. The third-order valence-corrected chi connectivity index (χ3v) is 6.72. The topological polar surface area (TPSA) is 6.48 Å². The lowest BCUT2D eigenvalue weighted by molar-refractivity contribution is 0.222. The molecule has 1 aliphatic heterocycles. The minimum atomic E-state index is 0.706. The van der Waals surface area contributed by atoms with Crippen LogP contribution in [0.1, 0.15) is 22.3 Å². The number of hydrogen-bond acceptors (Lipinski definition) is 2. The van der Waals surface area contributed by atoms with Crippen LogP contribution < -0.4 is 4.90 Å². The first-order valence-corrected chi connectivity index (χ1v) is 10.8. The predicted octanol–water partition coefficient (Wildman–Crippen LogP) is 5.44. The summed E-state index contributed by atoms with van der Waals surface area (Å²) in [4.78, 5) is 5.34. The van der Waals surface area contributed by atoms with Crippen LogP contribution in [-0.4, -0.2) is 24.0 Å². The van der Waals surface area contributed by atoms with Crippen LogP contribution >= 0.6 is 0 Å². The molecular weight excluding hydrogens is 352 g/mol. The maximum atomic E-state index is 2.72. The van der Waals surface area contributed by atoms with Gasteiger partial charge in [-0.25, -0.2) is 0 Å². The lowest BCUT2D eigenvalue weighted by Gasteiger charge is -2.29. The fourth-order valence-electron chi connectivity index (χ4n) is 5.30. The van der Waals surface area contributed by atoms with Crippen LogP contribution in [0.4, 0.5) is 5.69 Å². The summed E-state index contributed by atoms with van der Waals surface area (Å²) in [5.74, 6) is 1.59. The van der Waals surface area contributed by atoms with E-state index in [1.165, 1.54) is 41.0 Å². The lowest BCUT2D eigenvalue weighted by atomic mass is 10.1. The van der Waals surface area contributed by atoms with E-state index in [1.54, 1.807) is 0 Å². The standard InChI is InChI=1S/C27H30N2/c1-20-13-14-26(21(2)15-20)28-18-24-25(19-28)27(24)29(16-22-9-5-3-6-10-22)17-23-11-7-4-8-12-23/h3-15,24-25,27H,16-19H2,1-2H3/t24-,25?,27?/m0/s1. The lowest BCUT2D eigenvalue weighted by Crippen LogP contribution is -2.34. The summed E-state index contributed by atoms with van der Waals surface area (Å²) in [6.45, 7) is 8.90. The quantitative estimate of drug-likeness (QED) is 0.560. The van der Waals surface area contributed by atoms with Crippen molar-refractivity contribution in [3.8, 4) is 0 Å². The van der Waals surface area contributed by atoms with Crippen LogP contribution in [0.2, 0.25) is 0 Å². The van der Waals surface area contributed by atoms with Crippen LogP contribution in [0, 0.1) is 25.7 Å². The molecule has 3 aromatic rings. The highest BCUT2D eigenvalue weighted by atomic mass is 15.3. The first-order chi connectivity index (χ1) is 14.2. The molecular formula is C27H30N2. The molecule has 2 aliphatic rings. The van der Waals surface area contributed by atoms with Crippen LogP contribution in [0.3, 0.4) is 0 Å². The fraction of sp³-hybridized carbons (Fsp3) is 0.333. The maximum Gasteiger partial charge on any atom is 0.0396 e. The Labute approximate surface area is 174 Å². The van der Waals surface area contributed by atoms with Gasteiger partial charge in [0.05, 0.1) is 0 Å². The van der Waals surface area contributed by atoms with Crippen molar-refractivity contribution >= 4 is 5.69 Å². The van der Waals surface area contributed by atoms with E-state index in [-0.39, 0.29) is 0 Å². The third kappa shape index (κ3) is 3.82. The minimum Gasteiger partial charge on any atom is -0.371 e. The molecule has 1 saturated carbocycles. The molecule has 1 aliphatic carbocycles. The Morgan fingerprint density at radius 2 is 1.31 bits per heavy atom. The molecule has 2 fully saturated rings. The first kappa shape index (κ1) is 18.4. The van der Waals surface area contributed by atoms with Crippen molar-refractivity contribution in [2.75, 3.05) is 18.0 Å². The zero-order chi connectivity index (χ0) is 19.8. The number of aryl methyl sites for hydroxylation is 2. The van der Waals surface area contributed by atoms with Gasteiger partial charge in [-0.2, -0.15) is 0 Å². The highest BCUT2D eigenvalue weighted by Gasteiger charge is 2.58. The number of hydrogen-bond donors (Lipinski definition) is 0. The summed E-state index contributed by atoms with van der Waals surface area (Å²) in [5.41, 5.74) is 7.03. The van der Waals surface area contributed by atoms with Crippen molar-refractivity contribution in [3.63, 3.8) is 0 Å². The molecule has 0 aromatic heterocycles. The Morgan fingerprint density at radius 1 is 0.759 bits per heavy atom. The molecule has 0 spiro atoms. The van der Waals surface area contributed by atoms with Gasteiger partial charge in [-0.3, -0.25) is 4.90 Å². The SMILES string of the molecule is Cc1ccc(N2CC3C(N(Cc4ccccc4)Cc4ccccc4)[C@H]3C2)c(C)c1. The van der Waals surface area contributed by atoms with Gasteiger partial charge in [-0.1, -0.05) is 78.4 Å². The molecule has 0 N–H and O–H groups in total. The van der Waals surface area contributed by atoms with E-state index in [9.17, 15) is 0 Å². The van der Waals surface area contributed by atoms with Gasteiger partial charge in [0.25, 0.3) is 0 Å². The van der Waals surface area contributed by atoms with Gasteiger partial charge in [-0.05, 0) is 48.4 Å². The van der Waals surface area contributed by atoms with Crippen LogP contribution in [0.15, 0.2) is 78.9 Å². The van der Waals surface area contributed by atoms with E-state index in [0.29, 0.717) is 6.04 Å². The van der Waals surface area contributed by atoms with Crippen molar-refractivity contribution < 1.29 is 0 Å². The number of piperidine rings is 1. The molecule has 29 heavy (non-hydrogen) atoms. The van der Waals surface area contributed by atoms with Gasteiger partial charge in [0.2, 0.25) is 0 Å². The van der Waals surface area contributed by atoms with Crippen molar-refractivity contribution in [1.29, 1.82) is 0 Å². The number of benzene rings is 3. The van der Waals surface area contributed by atoms with Gasteiger partial charge in [0.1, 0.15) is 0 Å². The normalized spacial score (nSPS) is 22.7. The van der Waals surface area contributed by atoms with Gasteiger partial charge >= 0.3 is 0 Å². The van der Waals surface area contributed by atoms with E-state index in [0.717, 1.165) is 24.9 Å². The van der Waals surface area contributed by atoms with Gasteiger partial charge in [0, 0.05) is 37.9 Å². The smallest absolute Gasteiger partial charge is 0.0396 e. The molecule has 2 heteroatoms. The summed E-state index contributed by atoms with van der Waals surface area (Å²) < 4.78 is 0. The van der Waals surface area contributed by atoms with E-state index in [1.807, 2.05) is 0 Å². The summed E-state index contributed by atoms with van der Waals surface area (Å²) in [5, 5.41) is 0. The molecule has 3 atom stereocenters. The molecule has 1 saturated heterocycles. The molecule has 2 nitrogen and oxygen atoms in total. The average Bonchev–Trinajstić information content (AvgIpc) is 3.22. The van der Waals surface area contributed by atoms with Crippen molar-refractivity contribution in [3.05, 3.63) is 101 Å². The summed E-state index contributed by atoms with van der Waals surface area (Å²) in [7, 11) is 0. The van der Waals surface area contributed by atoms with Gasteiger partial charge in [0.15, 0.2) is 0 Å². The van der Waals surface area contributed by atoms with Crippen LogP contribution in [0.5, 0.6) is 0 Å². The zero-order valence-electron chi connectivity index (χ0n) is 17.5. The predicted molar refractivity (Wildman–Crippen MR) is 121 cm³/mol. The Balaban J connectivity index is 1.31. The van der Waals surface area contributed by atoms with Crippen molar-refractivity contribution in [2.45, 2.75) is 33.0 Å². The van der Waals surface area contributed by atoms with Gasteiger partial charge < -0.3 is 4.90 Å². The molecule has 148 valence electrons. The molecule has 0 radical (unpaired) electrons. The molecule has 1 heterocycles. The average molecular weight is 383 g/mol. The molecule has 5 rings (SSSR count). The largest absolute Gasteiger partial charge is 0.371 e. The minimum absolute atomic E-state index is 0.706. The molecule has 2 unspecified atom stereocenters. The van der Waals surface area contributed by atoms with E-state index >= 15 is 0 Å². The van der Waals surface area contributed by atoms with Crippen molar-refractivity contribution in [2.24, 2.45) is 11.8 Å². The van der Waals surface area contributed by atoms with Crippen LogP contribution in [-0.2, 0) is 13.1 Å². The second-order valence-electron chi connectivity index (χ2n) is 8.89. The zero-order valence-corrected chi connectivity index (χ0v) is 17.5. The molecule has 0 bridgehead atoms. The Bertz CT molecular complexity index is 913. The van der Waals surface area contributed by atoms with Crippen LogP contribution in [0.25, 0.3) is 0 Å². The second-order valence-corrected chi connectivity index (χ2v) is 8.89. The van der Waals surface area contributed by atoms with Gasteiger partial charge in [-0.15, -0.1) is 0 Å². The van der Waals surface area contributed by atoms with E-state index < -0.39 is 0 Å². The number of fused-ring (bicyclic) bond motifs is 1. The highest BCUT2D eigenvalue weighted by molar-refractivity contribution is 5.56. The van der Waals surface area contributed by atoms with Crippen molar-refractivity contribution in [1.82, 2.24) is 4.90 Å². The van der Waals surface area contributed by atoms with E-state index in [2.05, 4.69) is 103 Å². The Hall–Kier alpha value is -2.58. The molecule has 3 aromatic carbocycles. The van der Waals surface area contributed by atoms with E-state index in [4.69, 9.17) is 0 Å². The number of rotatable bonds is 6. The summed E-state index contributed by atoms with van der Waals surface area (Å²) in [6.07, 6.45) is 0. The Morgan fingerprint density at radius 3 is 1.83 bits per heavy atom. The highest BCUT2D eigenvalue weighted by Crippen LogP contribution is 2.51. The number of nitrogens with zero attached hydrogens (tertiary/aromatic N) is 2. The molecule has 0 amide bonds. The summed E-state index contributed by atoms with van der Waals surface area (Å²) >= 11 is 0. The summed E-state index contributed by atoms with van der Waals surface area (Å²) in [6, 6.07) is 29.5. The third-order valence-electron chi connectivity index (χ3n) is 6.72. The second kappa shape index (κ2) is 7.68. The monoisotopic (exact) mass is 382 g/mol. The number of anilines is 1.